The van der Waals surface area contributed by atoms with E-state index in [1.165, 1.54) is 32.2 Å². The molecule has 0 bridgehead atoms. The van der Waals surface area contributed by atoms with Crippen LogP contribution in [0.1, 0.15) is 51.9 Å². The van der Waals surface area contributed by atoms with Gasteiger partial charge in [0.1, 0.15) is 0 Å². The summed E-state index contributed by atoms with van der Waals surface area (Å²) in [5, 5.41) is 13.4. The fourth-order valence-electron chi connectivity index (χ4n) is 4.15. The predicted octanol–water partition coefficient (Wildman–Crippen LogP) is 1.69. The fraction of sp³-hybridized carbons (Fsp3) is 1.00. The molecule has 2 fully saturated rings. The zero-order chi connectivity index (χ0) is 15.5. The third-order valence-electron chi connectivity index (χ3n) is 6.04. The Bertz CT molecular complexity index is 330. The Morgan fingerprint density at radius 1 is 1.19 bits per heavy atom. The van der Waals surface area contributed by atoms with Crippen molar-refractivity contribution in [1.29, 1.82) is 0 Å². The standard InChI is InChI=1S/C17H35N3O/c1-5-11-18-16(14-21)10-7-15(12-16)20(4)13-17(19(2)3)8-6-9-17/h15,18,21H,5-14H2,1-4H3. The molecule has 0 heterocycles. The Morgan fingerprint density at radius 2 is 1.90 bits per heavy atom. The second-order valence-electron chi connectivity index (χ2n) is 7.65. The van der Waals surface area contributed by atoms with E-state index >= 15 is 0 Å². The van der Waals surface area contributed by atoms with Crippen LogP contribution >= 0.6 is 0 Å². The van der Waals surface area contributed by atoms with Crippen LogP contribution in [-0.4, -0.2) is 72.9 Å². The van der Waals surface area contributed by atoms with Crippen molar-refractivity contribution in [2.24, 2.45) is 0 Å². The van der Waals surface area contributed by atoms with Gasteiger partial charge in [-0.3, -0.25) is 0 Å². The van der Waals surface area contributed by atoms with Crippen LogP contribution in [0.25, 0.3) is 0 Å². The van der Waals surface area contributed by atoms with Gasteiger partial charge in [0.2, 0.25) is 0 Å². The maximum atomic E-state index is 9.83. The van der Waals surface area contributed by atoms with E-state index in [1.54, 1.807) is 0 Å². The summed E-state index contributed by atoms with van der Waals surface area (Å²) >= 11 is 0. The van der Waals surface area contributed by atoms with E-state index in [0.29, 0.717) is 11.6 Å². The summed E-state index contributed by atoms with van der Waals surface area (Å²) in [5.41, 5.74) is 0.371. The van der Waals surface area contributed by atoms with Gasteiger partial charge in [0.15, 0.2) is 0 Å². The van der Waals surface area contributed by atoms with E-state index in [0.717, 1.165) is 25.8 Å². The van der Waals surface area contributed by atoms with Crippen molar-refractivity contribution in [2.45, 2.75) is 69.0 Å². The highest BCUT2D eigenvalue weighted by Crippen LogP contribution is 2.39. The van der Waals surface area contributed by atoms with Crippen molar-refractivity contribution < 1.29 is 5.11 Å². The zero-order valence-electron chi connectivity index (χ0n) is 14.5. The van der Waals surface area contributed by atoms with Crippen LogP contribution < -0.4 is 5.32 Å². The van der Waals surface area contributed by atoms with Crippen molar-refractivity contribution in [1.82, 2.24) is 15.1 Å². The first kappa shape index (κ1) is 17.2. The summed E-state index contributed by atoms with van der Waals surface area (Å²) in [6.45, 7) is 4.64. The van der Waals surface area contributed by atoms with E-state index in [2.05, 4.69) is 43.2 Å². The number of hydrogen-bond donors (Lipinski definition) is 2. The first-order chi connectivity index (χ1) is 9.97. The van der Waals surface area contributed by atoms with Gasteiger partial charge in [-0.05, 0) is 72.6 Å². The zero-order valence-corrected chi connectivity index (χ0v) is 14.5. The lowest BCUT2D eigenvalue weighted by Gasteiger charge is -2.50. The van der Waals surface area contributed by atoms with Gasteiger partial charge in [0.25, 0.3) is 0 Å². The van der Waals surface area contributed by atoms with Crippen molar-refractivity contribution >= 4 is 0 Å². The van der Waals surface area contributed by atoms with Gasteiger partial charge in [-0.25, -0.2) is 0 Å². The SMILES string of the molecule is CCCNC1(CO)CCC(N(C)CC2(N(C)C)CCC2)C1. The Hall–Kier alpha value is -0.160. The number of likely N-dealkylation sites (N-methyl/N-ethyl adjacent to an activating group) is 2. The summed E-state index contributed by atoms with van der Waals surface area (Å²) in [4.78, 5) is 4.99. The largest absolute Gasteiger partial charge is 0.394 e. The lowest BCUT2D eigenvalue weighted by molar-refractivity contribution is 0.0152. The molecular weight excluding hydrogens is 262 g/mol. The third kappa shape index (κ3) is 3.61. The van der Waals surface area contributed by atoms with Crippen LogP contribution in [0.5, 0.6) is 0 Å². The lowest BCUT2D eigenvalue weighted by atomic mass is 9.75. The number of rotatable bonds is 8. The highest BCUT2D eigenvalue weighted by molar-refractivity contribution is 5.03. The fourth-order valence-corrected chi connectivity index (χ4v) is 4.15. The molecule has 0 saturated heterocycles. The Labute approximate surface area is 130 Å². The van der Waals surface area contributed by atoms with E-state index in [-0.39, 0.29) is 12.1 Å². The molecule has 0 aromatic heterocycles. The van der Waals surface area contributed by atoms with E-state index in [1.807, 2.05) is 0 Å². The monoisotopic (exact) mass is 297 g/mol. The molecule has 2 unspecified atom stereocenters. The van der Waals surface area contributed by atoms with Crippen molar-refractivity contribution in [3.63, 3.8) is 0 Å². The average Bonchev–Trinajstić information content (AvgIpc) is 2.85. The van der Waals surface area contributed by atoms with Crippen LogP contribution in [-0.2, 0) is 0 Å². The predicted molar refractivity (Wildman–Crippen MR) is 88.6 cm³/mol. The highest BCUT2D eigenvalue weighted by Gasteiger charge is 2.44. The quantitative estimate of drug-likeness (QED) is 0.715. The number of nitrogens with zero attached hydrogens (tertiary/aromatic N) is 2. The first-order valence-corrected chi connectivity index (χ1v) is 8.70. The Balaban J connectivity index is 1.90. The maximum Gasteiger partial charge on any atom is 0.0613 e. The Morgan fingerprint density at radius 3 is 2.38 bits per heavy atom. The molecule has 0 aromatic rings. The van der Waals surface area contributed by atoms with Gasteiger partial charge >= 0.3 is 0 Å². The molecular formula is C17H35N3O. The molecule has 4 nitrogen and oxygen atoms in total. The first-order valence-electron chi connectivity index (χ1n) is 8.70. The molecule has 2 aliphatic rings. The smallest absolute Gasteiger partial charge is 0.0613 e. The minimum Gasteiger partial charge on any atom is -0.394 e. The van der Waals surface area contributed by atoms with Gasteiger partial charge in [0, 0.05) is 23.7 Å². The molecule has 21 heavy (non-hydrogen) atoms. The number of hydrogen-bond acceptors (Lipinski definition) is 4. The van der Waals surface area contributed by atoms with Crippen LogP contribution in [0.3, 0.4) is 0 Å². The number of aliphatic hydroxyl groups is 1. The second-order valence-corrected chi connectivity index (χ2v) is 7.65. The summed E-state index contributed by atoms with van der Waals surface area (Å²) in [6, 6.07) is 0.610. The molecule has 124 valence electrons. The van der Waals surface area contributed by atoms with Crippen molar-refractivity contribution in [2.75, 3.05) is 40.8 Å². The van der Waals surface area contributed by atoms with Crippen molar-refractivity contribution in [3.8, 4) is 0 Å². The molecule has 2 saturated carbocycles. The van der Waals surface area contributed by atoms with Gasteiger partial charge in [-0.2, -0.15) is 0 Å². The molecule has 0 spiro atoms. The lowest BCUT2D eigenvalue weighted by Crippen LogP contribution is -2.58. The third-order valence-corrected chi connectivity index (χ3v) is 6.04. The summed E-state index contributed by atoms with van der Waals surface area (Å²) in [6.07, 6.45) is 8.56. The maximum absolute atomic E-state index is 9.83. The van der Waals surface area contributed by atoms with E-state index < -0.39 is 0 Å². The molecule has 2 atom stereocenters. The molecule has 0 amide bonds. The minimum atomic E-state index is -0.0279. The molecule has 2 N–H and O–H groups in total. The van der Waals surface area contributed by atoms with Crippen LogP contribution in [0.15, 0.2) is 0 Å². The molecule has 2 rings (SSSR count). The van der Waals surface area contributed by atoms with Crippen molar-refractivity contribution in [3.05, 3.63) is 0 Å². The molecule has 2 aliphatic carbocycles. The number of aliphatic hydroxyl groups excluding tert-OH is 1. The molecule has 0 aliphatic heterocycles. The highest BCUT2D eigenvalue weighted by atomic mass is 16.3. The normalized spacial score (nSPS) is 31.9. The van der Waals surface area contributed by atoms with Gasteiger partial charge in [0.05, 0.1) is 6.61 Å². The topological polar surface area (TPSA) is 38.7 Å². The summed E-state index contributed by atoms with van der Waals surface area (Å²) < 4.78 is 0. The molecule has 0 radical (unpaired) electrons. The minimum absolute atomic E-state index is 0.0279. The van der Waals surface area contributed by atoms with Gasteiger partial charge < -0.3 is 20.2 Å². The molecule has 4 heteroatoms. The van der Waals surface area contributed by atoms with E-state index in [4.69, 9.17) is 0 Å². The number of nitrogens with one attached hydrogen (secondary N) is 1. The van der Waals surface area contributed by atoms with Crippen LogP contribution in [0.2, 0.25) is 0 Å². The van der Waals surface area contributed by atoms with Crippen LogP contribution in [0.4, 0.5) is 0 Å². The summed E-state index contributed by atoms with van der Waals surface area (Å²) in [5.74, 6) is 0. The Kier molecular flexibility index (Phi) is 5.69. The van der Waals surface area contributed by atoms with Gasteiger partial charge in [-0.15, -0.1) is 0 Å². The van der Waals surface area contributed by atoms with Gasteiger partial charge in [-0.1, -0.05) is 6.92 Å². The summed E-state index contributed by atoms with van der Waals surface area (Å²) in [7, 11) is 6.73. The average molecular weight is 297 g/mol. The molecule has 0 aromatic carbocycles. The van der Waals surface area contributed by atoms with E-state index in [9.17, 15) is 5.11 Å². The van der Waals surface area contributed by atoms with Crippen LogP contribution in [0, 0.1) is 0 Å². The second kappa shape index (κ2) is 6.95.